The molecule has 0 fully saturated rings. The lowest BCUT2D eigenvalue weighted by molar-refractivity contribution is 0.589. The smallest absolute Gasteiger partial charge is 0.261 e. The van der Waals surface area contributed by atoms with E-state index < -0.39 is 10.0 Å². The summed E-state index contributed by atoms with van der Waals surface area (Å²) < 4.78 is 26.7. The third-order valence-corrected chi connectivity index (χ3v) is 3.79. The Hall–Kier alpha value is -2.01. The fourth-order valence-corrected chi connectivity index (χ4v) is 2.43. The number of anilines is 1. The quantitative estimate of drug-likeness (QED) is 0.787. The van der Waals surface area contributed by atoms with E-state index in [4.69, 9.17) is 0 Å². The van der Waals surface area contributed by atoms with Crippen molar-refractivity contribution in [2.45, 2.75) is 11.8 Å². The van der Waals surface area contributed by atoms with Gasteiger partial charge < -0.3 is 5.32 Å². The van der Waals surface area contributed by atoms with E-state index in [9.17, 15) is 8.42 Å². The van der Waals surface area contributed by atoms with Crippen molar-refractivity contribution in [2.24, 2.45) is 0 Å². The third kappa shape index (κ3) is 4.30. The molecular formula is C14H18N2O2S. The van der Waals surface area contributed by atoms with Gasteiger partial charge in [0.1, 0.15) is 0 Å². The number of hydrogen-bond donors (Lipinski definition) is 2. The molecule has 0 saturated heterocycles. The third-order valence-electron chi connectivity index (χ3n) is 2.39. The van der Waals surface area contributed by atoms with Gasteiger partial charge in [0.2, 0.25) is 0 Å². The number of hydrogen-bond acceptors (Lipinski definition) is 3. The van der Waals surface area contributed by atoms with Crippen molar-refractivity contribution in [1.29, 1.82) is 0 Å². The van der Waals surface area contributed by atoms with Crippen molar-refractivity contribution >= 4 is 15.7 Å². The fourth-order valence-electron chi connectivity index (χ4n) is 1.36. The normalized spacial score (nSPS) is 12.4. The van der Waals surface area contributed by atoms with E-state index in [1.54, 1.807) is 49.5 Å². The highest BCUT2D eigenvalue weighted by molar-refractivity contribution is 7.89. The molecule has 102 valence electrons. The zero-order valence-electron chi connectivity index (χ0n) is 11.1. The predicted octanol–water partition coefficient (Wildman–Crippen LogP) is 2.65. The summed E-state index contributed by atoms with van der Waals surface area (Å²) in [7, 11) is -1.80. The maximum Gasteiger partial charge on any atom is 0.261 e. The first-order valence-electron chi connectivity index (χ1n) is 5.79. The molecule has 0 bridgehead atoms. The van der Waals surface area contributed by atoms with E-state index in [0.29, 0.717) is 5.70 Å². The Bertz CT molecular complexity index is 584. The number of rotatable bonds is 6. The molecule has 0 atom stereocenters. The van der Waals surface area contributed by atoms with Crippen molar-refractivity contribution in [1.82, 2.24) is 4.72 Å². The number of allylic oxidation sites excluding steroid dienone is 4. The van der Waals surface area contributed by atoms with Crippen molar-refractivity contribution in [2.75, 3.05) is 12.4 Å². The van der Waals surface area contributed by atoms with E-state index in [0.717, 1.165) is 5.69 Å². The second-order valence-electron chi connectivity index (χ2n) is 3.73. The summed E-state index contributed by atoms with van der Waals surface area (Å²) in [5, 5.41) is 2.93. The van der Waals surface area contributed by atoms with E-state index in [2.05, 4.69) is 16.6 Å². The first kappa shape index (κ1) is 15.0. The summed E-state index contributed by atoms with van der Waals surface area (Å²) in [6, 6.07) is 6.50. The SMILES string of the molecule is C=C/C(=C\C=C/C)NS(=O)(=O)c1ccc(NC)cc1. The van der Waals surface area contributed by atoms with Gasteiger partial charge in [0.05, 0.1) is 4.90 Å². The highest BCUT2D eigenvalue weighted by Gasteiger charge is 2.13. The topological polar surface area (TPSA) is 58.2 Å². The monoisotopic (exact) mass is 278 g/mol. The molecule has 0 spiro atoms. The first-order chi connectivity index (χ1) is 9.03. The molecular weight excluding hydrogens is 260 g/mol. The van der Waals surface area contributed by atoms with Crippen LogP contribution in [0.3, 0.4) is 0 Å². The average Bonchev–Trinajstić information content (AvgIpc) is 2.43. The highest BCUT2D eigenvalue weighted by Crippen LogP contribution is 2.14. The van der Waals surface area contributed by atoms with Gasteiger partial charge in [-0.05, 0) is 43.3 Å². The summed E-state index contributed by atoms with van der Waals surface area (Å²) in [5.41, 5.74) is 1.28. The standard InChI is InChI=1S/C14H18N2O2S/c1-4-6-7-12(5-2)16-19(17,18)14-10-8-13(15-3)9-11-14/h4-11,15-16H,2H2,1,3H3/b6-4-,12-7+. The Balaban J connectivity index is 2.99. The Morgan fingerprint density at radius 1 is 1.26 bits per heavy atom. The van der Waals surface area contributed by atoms with Crippen molar-refractivity contribution in [3.05, 3.63) is 60.8 Å². The van der Waals surface area contributed by atoms with Crippen LogP contribution in [0.1, 0.15) is 6.92 Å². The molecule has 1 aromatic rings. The van der Waals surface area contributed by atoms with Crippen LogP contribution >= 0.6 is 0 Å². The van der Waals surface area contributed by atoms with Crippen molar-refractivity contribution in [3.8, 4) is 0 Å². The van der Waals surface area contributed by atoms with E-state index in [1.807, 2.05) is 6.92 Å². The van der Waals surface area contributed by atoms with Gasteiger partial charge in [-0.3, -0.25) is 4.72 Å². The number of nitrogens with one attached hydrogen (secondary N) is 2. The van der Waals surface area contributed by atoms with Crippen LogP contribution in [0.2, 0.25) is 0 Å². The van der Waals surface area contributed by atoms with Crippen molar-refractivity contribution < 1.29 is 8.42 Å². The molecule has 0 aromatic heterocycles. The Kier molecular flexibility index (Phi) is 5.38. The lowest BCUT2D eigenvalue weighted by atomic mass is 10.3. The predicted molar refractivity (Wildman–Crippen MR) is 79.4 cm³/mol. The molecule has 0 saturated carbocycles. The van der Waals surface area contributed by atoms with Gasteiger partial charge in [-0.1, -0.05) is 18.7 Å². The molecule has 0 aliphatic carbocycles. The largest absolute Gasteiger partial charge is 0.388 e. The van der Waals surface area contributed by atoms with Crippen LogP contribution in [-0.2, 0) is 10.0 Å². The fraction of sp³-hybridized carbons (Fsp3) is 0.143. The van der Waals surface area contributed by atoms with Crippen molar-refractivity contribution in [3.63, 3.8) is 0 Å². The van der Waals surface area contributed by atoms with E-state index >= 15 is 0 Å². The molecule has 2 N–H and O–H groups in total. The minimum Gasteiger partial charge on any atom is -0.388 e. The zero-order valence-corrected chi connectivity index (χ0v) is 11.9. The molecule has 0 radical (unpaired) electrons. The van der Waals surface area contributed by atoms with Crippen LogP contribution in [0.25, 0.3) is 0 Å². The van der Waals surface area contributed by atoms with Gasteiger partial charge in [0.25, 0.3) is 10.0 Å². The van der Waals surface area contributed by atoms with Crippen LogP contribution in [0.4, 0.5) is 5.69 Å². The van der Waals surface area contributed by atoms with Gasteiger partial charge in [0.15, 0.2) is 0 Å². The van der Waals surface area contributed by atoms with Crippen LogP contribution in [0, 0.1) is 0 Å². The summed E-state index contributed by atoms with van der Waals surface area (Å²) in [6.07, 6.45) is 6.65. The molecule has 0 aliphatic heterocycles. The minimum absolute atomic E-state index is 0.208. The molecule has 0 amide bonds. The van der Waals surface area contributed by atoms with Gasteiger partial charge >= 0.3 is 0 Å². The molecule has 4 nitrogen and oxygen atoms in total. The van der Waals surface area contributed by atoms with Gasteiger partial charge in [-0.2, -0.15) is 0 Å². The second kappa shape index (κ2) is 6.80. The van der Waals surface area contributed by atoms with Crippen LogP contribution < -0.4 is 10.0 Å². The Labute approximate surface area is 114 Å². The summed E-state index contributed by atoms with van der Waals surface area (Å²) >= 11 is 0. The average molecular weight is 278 g/mol. The molecule has 19 heavy (non-hydrogen) atoms. The zero-order chi connectivity index (χ0) is 14.3. The van der Waals surface area contributed by atoms with E-state index in [-0.39, 0.29) is 4.90 Å². The lowest BCUT2D eigenvalue weighted by Crippen LogP contribution is -2.22. The summed E-state index contributed by atoms with van der Waals surface area (Å²) in [6.45, 7) is 5.43. The van der Waals surface area contributed by atoms with Gasteiger partial charge in [-0.15, -0.1) is 0 Å². The molecule has 0 unspecified atom stereocenters. The number of sulfonamides is 1. The van der Waals surface area contributed by atoms with Gasteiger partial charge in [0, 0.05) is 18.4 Å². The second-order valence-corrected chi connectivity index (χ2v) is 5.41. The maximum atomic E-state index is 12.1. The molecule has 0 aliphatic rings. The molecule has 1 aromatic carbocycles. The Morgan fingerprint density at radius 2 is 1.89 bits per heavy atom. The van der Waals surface area contributed by atoms with Crippen LogP contribution in [0.15, 0.2) is 65.7 Å². The summed E-state index contributed by atoms with van der Waals surface area (Å²) in [4.78, 5) is 0.208. The van der Waals surface area contributed by atoms with Crippen LogP contribution in [0.5, 0.6) is 0 Å². The van der Waals surface area contributed by atoms with E-state index in [1.165, 1.54) is 6.08 Å². The van der Waals surface area contributed by atoms with Crippen LogP contribution in [-0.4, -0.2) is 15.5 Å². The lowest BCUT2D eigenvalue weighted by Gasteiger charge is -2.09. The minimum atomic E-state index is -3.58. The maximum absolute atomic E-state index is 12.1. The summed E-state index contributed by atoms with van der Waals surface area (Å²) in [5.74, 6) is 0. The first-order valence-corrected chi connectivity index (χ1v) is 7.28. The molecule has 5 heteroatoms. The van der Waals surface area contributed by atoms with Gasteiger partial charge in [-0.25, -0.2) is 8.42 Å². The highest BCUT2D eigenvalue weighted by atomic mass is 32.2. The molecule has 0 heterocycles. The molecule has 1 rings (SSSR count). The Morgan fingerprint density at radius 3 is 2.37 bits per heavy atom. The number of benzene rings is 1.